The van der Waals surface area contributed by atoms with Crippen molar-refractivity contribution in [3.05, 3.63) is 59.2 Å². The lowest BCUT2D eigenvalue weighted by molar-refractivity contribution is -0.127. The summed E-state index contributed by atoms with van der Waals surface area (Å²) in [6, 6.07) is 14.7. The van der Waals surface area contributed by atoms with Crippen LogP contribution in [-0.2, 0) is 24.2 Å². The van der Waals surface area contributed by atoms with Crippen LogP contribution in [0.25, 0.3) is 0 Å². The smallest absolute Gasteiger partial charge is 0.261 e. The molecule has 2 aromatic carbocycles. The Morgan fingerprint density at radius 3 is 2.57 bits per heavy atom. The first-order valence-electron chi connectivity index (χ1n) is 10.6. The molecule has 0 saturated carbocycles. The summed E-state index contributed by atoms with van der Waals surface area (Å²) >= 11 is 0. The molecule has 1 atom stereocenters. The molecule has 1 aliphatic heterocycles. The Morgan fingerprint density at radius 2 is 1.79 bits per heavy atom. The van der Waals surface area contributed by atoms with E-state index < -0.39 is 6.10 Å². The van der Waals surface area contributed by atoms with E-state index in [-0.39, 0.29) is 5.91 Å². The van der Waals surface area contributed by atoms with Crippen molar-refractivity contribution >= 4 is 11.6 Å². The highest BCUT2D eigenvalue weighted by Gasteiger charge is 2.19. The number of anilines is 1. The average Bonchev–Trinajstić information content (AvgIpc) is 3.27. The summed E-state index contributed by atoms with van der Waals surface area (Å²) < 4.78 is 6.03. The van der Waals surface area contributed by atoms with E-state index in [2.05, 4.69) is 40.5 Å². The van der Waals surface area contributed by atoms with E-state index in [1.54, 1.807) is 0 Å². The highest BCUT2D eigenvalue weighted by atomic mass is 16.5. The first kappa shape index (κ1) is 18.9. The van der Waals surface area contributed by atoms with Crippen LogP contribution in [0.2, 0.25) is 0 Å². The van der Waals surface area contributed by atoms with Gasteiger partial charge in [0.25, 0.3) is 5.91 Å². The lowest BCUT2D eigenvalue weighted by atomic mass is 9.91. The number of carbonyl (C=O) groups excluding carboxylic acids is 1. The van der Waals surface area contributed by atoms with Crippen LogP contribution in [0, 0.1) is 0 Å². The minimum absolute atomic E-state index is 0.0722. The minimum atomic E-state index is -0.503. The van der Waals surface area contributed by atoms with Gasteiger partial charge in [-0.2, -0.15) is 0 Å². The molecule has 2 aliphatic rings. The van der Waals surface area contributed by atoms with Gasteiger partial charge in [-0.05, 0) is 80.3 Å². The van der Waals surface area contributed by atoms with E-state index in [1.165, 1.54) is 42.5 Å². The van der Waals surface area contributed by atoms with E-state index >= 15 is 0 Å². The lowest BCUT2D eigenvalue weighted by Gasteiger charge is -2.22. The molecule has 1 aliphatic carbocycles. The SMILES string of the molecule is CC(Oc1cccc2c1CCCC2)C(=O)NCc1ccc(N2CCCC2)cc1. The maximum Gasteiger partial charge on any atom is 0.261 e. The van der Waals surface area contributed by atoms with Crippen molar-refractivity contribution in [1.29, 1.82) is 0 Å². The topological polar surface area (TPSA) is 41.6 Å². The molecule has 0 aromatic heterocycles. The number of hydrogen-bond donors (Lipinski definition) is 1. The summed E-state index contributed by atoms with van der Waals surface area (Å²) in [5.74, 6) is 0.798. The molecule has 4 rings (SSSR count). The number of benzene rings is 2. The number of aryl methyl sites for hydroxylation is 1. The van der Waals surface area contributed by atoms with Gasteiger partial charge in [-0.3, -0.25) is 4.79 Å². The van der Waals surface area contributed by atoms with Gasteiger partial charge in [0.05, 0.1) is 0 Å². The maximum absolute atomic E-state index is 12.5. The van der Waals surface area contributed by atoms with E-state index in [0.29, 0.717) is 6.54 Å². The van der Waals surface area contributed by atoms with Crippen LogP contribution < -0.4 is 15.0 Å². The standard InChI is InChI=1S/C24H30N2O2/c1-18(28-23-10-6-8-20-7-2-3-9-22(20)23)24(27)25-17-19-11-13-21(14-12-19)26-15-4-5-16-26/h6,8,10-14,18H,2-5,7,9,15-17H2,1H3,(H,25,27). The molecule has 28 heavy (non-hydrogen) atoms. The summed E-state index contributed by atoms with van der Waals surface area (Å²) in [6.07, 6.45) is 6.65. The van der Waals surface area contributed by atoms with Crippen molar-refractivity contribution in [2.45, 2.75) is 58.1 Å². The van der Waals surface area contributed by atoms with Crippen molar-refractivity contribution in [3.8, 4) is 5.75 Å². The number of ether oxygens (including phenoxy) is 1. The van der Waals surface area contributed by atoms with E-state index in [0.717, 1.165) is 37.2 Å². The fourth-order valence-corrected chi connectivity index (χ4v) is 4.23. The zero-order chi connectivity index (χ0) is 19.3. The Morgan fingerprint density at radius 1 is 1.04 bits per heavy atom. The molecule has 1 saturated heterocycles. The molecule has 1 N–H and O–H groups in total. The van der Waals surface area contributed by atoms with Gasteiger partial charge in [0, 0.05) is 25.3 Å². The second kappa shape index (κ2) is 8.68. The fourth-order valence-electron chi connectivity index (χ4n) is 4.23. The third-order valence-corrected chi connectivity index (χ3v) is 5.90. The van der Waals surface area contributed by atoms with Crippen LogP contribution in [0.5, 0.6) is 5.75 Å². The van der Waals surface area contributed by atoms with Crippen LogP contribution in [0.4, 0.5) is 5.69 Å². The van der Waals surface area contributed by atoms with Gasteiger partial charge >= 0.3 is 0 Å². The largest absolute Gasteiger partial charge is 0.481 e. The quantitative estimate of drug-likeness (QED) is 0.817. The summed E-state index contributed by atoms with van der Waals surface area (Å²) in [5, 5.41) is 3.01. The number of nitrogens with zero attached hydrogens (tertiary/aromatic N) is 1. The fraction of sp³-hybridized carbons (Fsp3) is 0.458. The number of hydrogen-bond acceptors (Lipinski definition) is 3. The molecule has 1 unspecified atom stereocenters. The monoisotopic (exact) mass is 378 g/mol. The first-order valence-corrected chi connectivity index (χ1v) is 10.6. The third-order valence-electron chi connectivity index (χ3n) is 5.90. The Labute approximate surface area is 167 Å². The van der Waals surface area contributed by atoms with Crippen molar-refractivity contribution in [2.75, 3.05) is 18.0 Å². The molecular formula is C24H30N2O2. The molecule has 1 heterocycles. The molecular weight excluding hydrogens is 348 g/mol. The molecule has 4 heteroatoms. The molecule has 1 amide bonds. The van der Waals surface area contributed by atoms with Crippen LogP contribution in [-0.4, -0.2) is 25.1 Å². The summed E-state index contributed by atoms with van der Waals surface area (Å²) in [4.78, 5) is 14.9. The normalized spacial score (nSPS) is 17.1. The van der Waals surface area contributed by atoms with Gasteiger partial charge in [-0.25, -0.2) is 0 Å². The lowest BCUT2D eigenvalue weighted by Crippen LogP contribution is -2.36. The number of fused-ring (bicyclic) bond motifs is 1. The van der Waals surface area contributed by atoms with E-state index in [9.17, 15) is 4.79 Å². The summed E-state index contributed by atoms with van der Waals surface area (Å²) in [6.45, 7) is 4.65. The maximum atomic E-state index is 12.5. The number of carbonyl (C=O) groups is 1. The van der Waals surface area contributed by atoms with E-state index in [4.69, 9.17) is 4.74 Å². The van der Waals surface area contributed by atoms with Crippen molar-refractivity contribution in [3.63, 3.8) is 0 Å². The molecule has 0 radical (unpaired) electrons. The Balaban J connectivity index is 1.31. The van der Waals surface area contributed by atoms with Crippen LogP contribution >= 0.6 is 0 Å². The first-order chi connectivity index (χ1) is 13.7. The van der Waals surface area contributed by atoms with Crippen LogP contribution in [0.15, 0.2) is 42.5 Å². The summed E-state index contributed by atoms with van der Waals surface area (Å²) in [7, 11) is 0. The zero-order valence-electron chi connectivity index (χ0n) is 16.7. The number of nitrogens with one attached hydrogen (secondary N) is 1. The number of rotatable bonds is 6. The highest BCUT2D eigenvalue weighted by molar-refractivity contribution is 5.80. The average molecular weight is 379 g/mol. The third kappa shape index (κ3) is 4.32. The zero-order valence-corrected chi connectivity index (χ0v) is 16.7. The second-order valence-corrected chi connectivity index (χ2v) is 7.94. The highest BCUT2D eigenvalue weighted by Crippen LogP contribution is 2.30. The van der Waals surface area contributed by atoms with Gasteiger partial charge in [0.15, 0.2) is 6.10 Å². The predicted octanol–water partition coefficient (Wildman–Crippen LogP) is 4.25. The van der Waals surface area contributed by atoms with Crippen LogP contribution in [0.1, 0.15) is 49.3 Å². The molecule has 4 nitrogen and oxygen atoms in total. The summed E-state index contributed by atoms with van der Waals surface area (Å²) in [5.41, 5.74) is 5.04. The minimum Gasteiger partial charge on any atom is -0.481 e. The molecule has 1 fully saturated rings. The second-order valence-electron chi connectivity index (χ2n) is 7.94. The Bertz CT molecular complexity index is 810. The van der Waals surface area contributed by atoms with Gasteiger partial charge in [-0.15, -0.1) is 0 Å². The molecule has 2 aromatic rings. The van der Waals surface area contributed by atoms with Gasteiger partial charge in [0.2, 0.25) is 0 Å². The Hall–Kier alpha value is -2.49. The predicted molar refractivity (Wildman–Crippen MR) is 113 cm³/mol. The molecule has 0 spiro atoms. The Kier molecular flexibility index (Phi) is 5.84. The van der Waals surface area contributed by atoms with Gasteiger partial charge in [0.1, 0.15) is 5.75 Å². The van der Waals surface area contributed by atoms with Gasteiger partial charge in [-0.1, -0.05) is 24.3 Å². The van der Waals surface area contributed by atoms with E-state index in [1.807, 2.05) is 19.1 Å². The van der Waals surface area contributed by atoms with Gasteiger partial charge < -0.3 is 15.0 Å². The number of amides is 1. The van der Waals surface area contributed by atoms with Crippen LogP contribution in [0.3, 0.4) is 0 Å². The molecule has 148 valence electrons. The van der Waals surface area contributed by atoms with Crippen molar-refractivity contribution in [1.82, 2.24) is 5.32 Å². The van der Waals surface area contributed by atoms with Crippen molar-refractivity contribution in [2.24, 2.45) is 0 Å². The van der Waals surface area contributed by atoms with Crippen molar-refractivity contribution < 1.29 is 9.53 Å². The molecule has 0 bridgehead atoms.